The molecule has 21 heavy (non-hydrogen) atoms. The third-order valence-electron chi connectivity index (χ3n) is 3.57. The molecule has 1 unspecified atom stereocenters. The fourth-order valence-corrected chi connectivity index (χ4v) is 3.76. The van der Waals surface area contributed by atoms with E-state index in [-0.39, 0.29) is 0 Å². The normalized spacial score (nSPS) is 12.4. The van der Waals surface area contributed by atoms with E-state index >= 15 is 0 Å². The van der Waals surface area contributed by atoms with Gasteiger partial charge in [0.1, 0.15) is 0 Å². The summed E-state index contributed by atoms with van der Waals surface area (Å²) in [7, 11) is 0. The highest BCUT2D eigenvalue weighted by molar-refractivity contribution is 7.99. The van der Waals surface area contributed by atoms with Gasteiger partial charge in [-0.2, -0.15) is 0 Å². The largest absolute Gasteiger partial charge is 0.309 e. The lowest BCUT2D eigenvalue weighted by atomic mass is 9.95. The Hall–Kier alpha value is -1.32. The van der Waals surface area contributed by atoms with Crippen LogP contribution >= 0.6 is 11.8 Å². The monoisotopic (exact) mass is 300 g/mol. The minimum atomic E-state index is 0.364. The standard InChI is InChI=1S/C18H24N2S/c1-5-19-16(12-21-17-8-6-7-9-20-17)18-14(3)10-13(2)11-15(18)4/h6-11,16,19H,5,12H2,1-4H3. The molecule has 1 heterocycles. The third-order valence-corrected chi connectivity index (χ3v) is 4.61. The summed E-state index contributed by atoms with van der Waals surface area (Å²) < 4.78 is 0. The number of aryl methyl sites for hydroxylation is 3. The molecule has 0 amide bonds. The highest BCUT2D eigenvalue weighted by Crippen LogP contribution is 2.28. The number of rotatable bonds is 6. The number of nitrogens with zero attached hydrogens (tertiary/aromatic N) is 1. The van der Waals surface area contributed by atoms with Crippen LogP contribution in [-0.4, -0.2) is 17.3 Å². The molecule has 0 aliphatic carbocycles. The fourth-order valence-electron chi connectivity index (χ4n) is 2.83. The molecular formula is C18H24N2S. The molecule has 0 fully saturated rings. The predicted octanol–water partition coefficient (Wildman–Crippen LogP) is 4.45. The van der Waals surface area contributed by atoms with Crippen LogP contribution in [0.2, 0.25) is 0 Å². The van der Waals surface area contributed by atoms with Crippen LogP contribution in [0.4, 0.5) is 0 Å². The molecule has 0 radical (unpaired) electrons. The molecule has 1 N–H and O–H groups in total. The number of hydrogen-bond donors (Lipinski definition) is 1. The van der Waals surface area contributed by atoms with Gasteiger partial charge in [0.25, 0.3) is 0 Å². The van der Waals surface area contributed by atoms with Gasteiger partial charge in [-0.25, -0.2) is 4.98 Å². The van der Waals surface area contributed by atoms with E-state index < -0.39 is 0 Å². The van der Waals surface area contributed by atoms with Gasteiger partial charge in [0, 0.05) is 18.0 Å². The summed E-state index contributed by atoms with van der Waals surface area (Å²) in [6, 6.07) is 11.0. The van der Waals surface area contributed by atoms with Crippen molar-refractivity contribution >= 4 is 11.8 Å². The number of nitrogens with one attached hydrogen (secondary N) is 1. The summed E-state index contributed by atoms with van der Waals surface area (Å²) in [5, 5.41) is 4.71. The quantitative estimate of drug-likeness (QED) is 0.798. The minimum Gasteiger partial charge on any atom is -0.309 e. The van der Waals surface area contributed by atoms with E-state index in [2.05, 4.69) is 56.2 Å². The van der Waals surface area contributed by atoms with Crippen molar-refractivity contribution in [2.45, 2.75) is 38.8 Å². The summed E-state index contributed by atoms with van der Waals surface area (Å²) in [5.41, 5.74) is 5.52. The van der Waals surface area contributed by atoms with Crippen LogP contribution in [0.25, 0.3) is 0 Å². The van der Waals surface area contributed by atoms with Gasteiger partial charge in [0.05, 0.1) is 5.03 Å². The van der Waals surface area contributed by atoms with Crippen molar-refractivity contribution in [3.8, 4) is 0 Å². The van der Waals surface area contributed by atoms with Gasteiger partial charge in [-0.05, 0) is 56.1 Å². The molecule has 2 nitrogen and oxygen atoms in total. The topological polar surface area (TPSA) is 24.9 Å². The Labute approximate surface area is 132 Å². The Morgan fingerprint density at radius 1 is 1.14 bits per heavy atom. The second kappa shape index (κ2) is 7.62. The van der Waals surface area contributed by atoms with Crippen molar-refractivity contribution in [2.75, 3.05) is 12.3 Å². The number of hydrogen-bond acceptors (Lipinski definition) is 3. The lowest BCUT2D eigenvalue weighted by Crippen LogP contribution is -2.24. The van der Waals surface area contributed by atoms with E-state index in [1.165, 1.54) is 22.3 Å². The van der Waals surface area contributed by atoms with Crippen molar-refractivity contribution in [1.82, 2.24) is 10.3 Å². The van der Waals surface area contributed by atoms with Crippen LogP contribution in [-0.2, 0) is 0 Å². The van der Waals surface area contributed by atoms with Crippen LogP contribution in [0.15, 0.2) is 41.6 Å². The van der Waals surface area contributed by atoms with E-state index in [0.29, 0.717) is 6.04 Å². The first-order valence-corrected chi connectivity index (χ1v) is 8.45. The summed E-state index contributed by atoms with van der Waals surface area (Å²) in [4.78, 5) is 4.40. The average molecular weight is 300 g/mol. The highest BCUT2D eigenvalue weighted by atomic mass is 32.2. The fraction of sp³-hybridized carbons (Fsp3) is 0.389. The zero-order valence-electron chi connectivity index (χ0n) is 13.3. The Bertz CT molecular complexity index is 558. The molecule has 0 saturated heterocycles. The van der Waals surface area contributed by atoms with Crippen molar-refractivity contribution < 1.29 is 0 Å². The number of aromatic nitrogens is 1. The first-order valence-electron chi connectivity index (χ1n) is 7.46. The Kier molecular flexibility index (Phi) is 5.83. The van der Waals surface area contributed by atoms with Gasteiger partial charge in [0.15, 0.2) is 0 Å². The molecule has 112 valence electrons. The van der Waals surface area contributed by atoms with Crippen LogP contribution in [0.3, 0.4) is 0 Å². The SMILES string of the molecule is CCNC(CSc1ccccn1)c1c(C)cc(C)cc1C. The van der Waals surface area contributed by atoms with Crippen molar-refractivity contribution in [1.29, 1.82) is 0 Å². The molecule has 1 atom stereocenters. The van der Waals surface area contributed by atoms with Crippen molar-refractivity contribution in [3.05, 3.63) is 58.8 Å². The summed E-state index contributed by atoms with van der Waals surface area (Å²) in [6.07, 6.45) is 1.85. The molecule has 0 spiro atoms. The van der Waals surface area contributed by atoms with Gasteiger partial charge in [-0.3, -0.25) is 0 Å². The zero-order chi connectivity index (χ0) is 15.2. The van der Waals surface area contributed by atoms with Crippen LogP contribution in [0, 0.1) is 20.8 Å². The van der Waals surface area contributed by atoms with Gasteiger partial charge in [-0.1, -0.05) is 30.7 Å². The molecule has 1 aromatic heterocycles. The van der Waals surface area contributed by atoms with Crippen LogP contribution in [0.5, 0.6) is 0 Å². The lowest BCUT2D eigenvalue weighted by Gasteiger charge is -2.22. The molecule has 2 aromatic rings. The van der Waals surface area contributed by atoms with Gasteiger partial charge >= 0.3 is 0 Å². The molecule has 0 aliphatic heterocycles. The zero-order valence-corrected chi connectivity index (χ0v) is 14.1. The summed E-state index contributed by atoms with van der Waals surface area (Å²) in [5.74, 6) is 0.996. The average Bonchev–Trinajstić information content (AvgIpc) is 2.45. The second-order valence-electron chi connectivity index (χ2n) is 5.40. The summed E-state index contributed by atoms with van der Waals surface area (Å²) in [6.45, 7) is 9.72. The minimum absolute atomic E-state index is 0.364. The maximum Gasteiger partial charge on any atom is 0.0960 e. The van der Waals surface area contributed by atoms with Crippen molar-refractivity contribution in [3.63, 3.8) is 0 Å². The van der Waals surface area contributed by atoms with Crippen LogP contribution in [0.1, 0.15) is 35.2 Å². The molecule has 0 aliphatic rings. The lowest BCUT2D eigenvalue weighted by molar-refractivity contribution is 0.600. The number of benzene rings is 1. The van der Waals surface area contributed by atoms with E-state index in [4.69, 9.17) is 0 Å². The predicted molar refractivity (Wildman–Crippen MR) is 92.0 cm³/mol. The Morgan fingerprint density at radius 3 is 2.43 bits per heavy atom. The van der Waals surface area contributed by atoms with E-state index in [1.54, 1.807) is 0 Å². The third kappa shape index (κ3) is 4.32. The highest BCUT2D eigenvalue weighted by Gasteiger charge is 2.16. The van der Waals surface area contributed by atoms with E-state index in [9.17, 15) is 0 Å². The Balaban J connectivity index is 2.19. The molecule has 3 heteroatoms. The van der Waals surface area contributed by atoms with Crippen molar-refractivity contribution in [2.24, 2.45) is 0 Å². The Morgan fingerprint density at radius 2 is 1.86 bits per heavy atom. The number of thioether (sulfide) groups is 1. The second-order valence-corrected chi connectivity index (χ2v) is 6.44. The molecular weight excluding hydrogens is 276 g/mol. The smallest absolute Gasteiger partial charge is 0.0960 e. The summed E-state index contributed by atoms with van der Waals surface area (Å²) >= 11 is 1.81. The molecule has 1 aromatic carbocycles. The maximum atomic E-state index is 4.40. The maximum absolute atomic E-state index is 4.40. The van der Waals surface area contributed by atoms with Gasteiger partial charge in [-0.15, -0.1) is 11.8 Å². The van der Waals surface area contributed by atoms with E-state index in [0.717, 1.165) is 17.3 Å². The van der Waals surface area contributed by atoms with Gasteiger partial charge in [0.2, 0.25) is 0 Å². The first-order chi connectivity index (χ1) is 10.1. The first kappa shape index (κ1) is 16.1. The molecule has 0 bridgehead atoms. The molecule has 2 rings (SSSR count). The number of pyridine rings is 1. The van der Waals surface area contributed by atoms with Gasteiger partial charge < -0.3 is 5.32 Å². The van der Waals surface area contributed by atoms with E-state index in [1.807, 2.05) is 30.1 Å². The van der Waals surface area contributed by atoms with Crippen LogP contribution < -0.4 is 5.32 Å². The molecule has 0 saturated carbocycles.